The average molecular weight is 262 g/mol. The van der Waals surface area contributed by atoms with Crippen LogP contribution in [0.2, 0.25) is 0 Å². The standard InChI is InChI=1S/C15H26N4/c1-3-19-9-5-7-14(19)12-18(2)15(10-16)13-6-4-8-17-11-13/h4,6,8,11,14-15H,3,5,7,9-10,12,16H2,1-2H3. The predicted octanol–water partition coefficient (Wildman–Crippen LogP) is 1.50. The molecule has 1 aromatic rings. The summed E-state index contributed by atoms with van der Waals surface area (Å²) in [5.41, 5.74) is 7.18. The minimum Gasteiger partial charge on any atom is -0.329 e. The molecule has 2 heterocycles. The quantitative estimate of drug-likeness (QED) is 0.844. The van der Waals surface area contributed by atoms with Gasteiger partial charge in [0.05, 0.1) is 0 Å². The van der Waals surface area contributed by atoms with E-state index in [1.54, 1.807) is 0 Å². The van der Waals surface area contributed by atoms with Gasteiger partial charge in [-0.25, -0.2) is 0 Å². The minimum absolute atomic E-state index is 0.271. The molecule has 0 spiro atoms. The van der Waals surface area contributed by atoms with Gasteiger partial charge >= 0.3 is 0 Å². The van der Waals surface area contributed by atoms with E-state index in [4.69, 9.17) is 5.73 Å². The van der Waals surface area contributed by atoms with Crippen molar-refractivity contribution in [3.8, 4) is 0 Å². The monoisotopic (exact) mass is 262 g/mol. The Bertz CT molecular complexity index is 368. The van der Waals surface area contributed by atoms with Gasteiger partial charge in [-0.15, -0.1) is 0 Å². The highest BCUT2D eigenvalue weighted by Gasteiger charge is 2.26. The van der Waals surface area contributed by atoms with E-state index in [1.807, 2.05) is 18.5 Å². The van der Waals surface area contributed by atoms with Gasteiger partial charge in [0.15, 0.2) is 0 Å². The zero-order chi connectivity index (χ0) is 13.7. The van der Waals surface area contributed by atoms with Gasteiger partial charge < -0.3 is 5.73 Å². The van der Waals surface area contributed by atoms with Crippen LogP contribution < -0.4 is 5.73 Å². The second-order valence-corrected chi connectivity index (χ2v) is 5.40. The lowest BCUT2D eigenvalue weighted by Gasteiger charge is -2.32. The molecule has 2 N–H and O–H groups in total. The molecule has 106 valence electrons. The largest absolute Gasteiger partial charge is 0.329 e. The molecule has 0 radical (unpaired) electrons. The van der Waals surface area contributed by atoms with Crippen molar-refractivity contribution in [3.63, 3.8) is 0 Å². The van der Waals surface area contributed by atoms with Crippen LogP contribution in [-0.4, -0.2) is 54.1 Å². The molecule has 0 aromatic carbocycles. The summed E-state index contributed by atoms with van der Waals surface area (Å²) >= 11 is 0. The van der Waals surface area contributed by atoms with Crippen LogP contribution in [0.25, 0.3) is 0 Å². The molecule has 4 heteroatoms. The number of likely N-dealkylation sites (tertiary alicyclic amines) is 1. The lowest BCUT2D eigenvalue weighted by Crippen LogP contribution is -2.41. The number of hydrogen-bond acceptors (Lipinski definition) is 4. The van der Waals surface area contributed by atoms with Crippen molar-refractivity contribution >= 4 is 0 Å². The predicted molar refractivity (Wildman–Crippen MR) is 78.9 cm³/mol. The molecule has 2 atom stereocenters. The maximum atomic E-state index is 5.96. The Morgan fingerprint density at radius 1 is 1.58 bits per heavy atom. The third-order valence-corrected chi connectivity index (χ3v) is 4.23. The van der Waals surface area contributed by atoms with Crippen LogP contribution in [0.3, 0.4) is 0 Å². The van der Waals surface area contributed by atoms with Gasteiger partial charge in [-0.05, 0) is 44.6 Å². The maximum absolute atomic E-state index is 5.96. The van der Waals surface area contributed by atoms with E-state index in [9.17, 15) is 0 Å². The van der Waals surface area contributed by atoms with E-state index in [0.29, 0.717) is 12.6 Å². The summed E-state index contributed by atoms with van der Waals surface area (Å²) < 4.78 is 0. The summed E-state index contributed by atoms with van der Waals surface area (Å²) in [6.45, 7) is 6.37. The molecular weight excluding hydrogens is 236 g/mol. The Morgan fingerprint density at radius 3 is 3.05 bits per heavy atom. The summed E-state index contributed by atoms with van der Waals surface area (Å²) in [7, 11) is 2.18. The first-order valence-corrected chi connectivity index (χ1v) is 7.30. The molecule has 1 aliphatic rings. The fourth-order valence-corrected chi connectivity index (χ4v) is 3.12. The van der Waals surface area contributed by atoms with Gasteiger partial charge in [0.2, 0.25) is 0 Å². The fraction of sp³-hybridized carbons (Fsp3) is 0.667. The Hall–Kier alpha value is -0.970. The van der Waals surface area contributed by atoms with Crippen molar-refractivity contribution in [2.45, 2.75) is 31.8 Å². The molecule has 0 aliphatic carbocycles. The van der Waals surface area contributed by atoms with Crippen LogP contribution in [0.5, 0.6) is 0 Å². The number of pyridine rings is 1. The Balaban J connectivity index is 1.99. The number of aromatic nitrogens is 1. The summed E-state index contributed by atoms with van der Waals surface area (Å²) in [6.07, 6.45) is 6.38. The topological polar surface area (TPSA) is 45.4 Å². The zero-order valence-electron chi connectivity index (χ0n) is 12.1. The molecule has 1 fully saturated rings. The van der Waals surface area contributed by atoms with E-state index in [1.165, 1.54) is 24.9 Å². The molecule has 1 aliphatic heterocycles. The zero-order valence-corrected chi connectivity index (χ0v) is 12.1. The third kappa shape index (κ3) is 3.53. The third-order valence-electron chi connectivity index (χ3n) is 4.23. The summed E-state index contributed by atoms with van der Waals surface area (Å²) in [4.78, 5) is 9.17. The molecule has 2 unspecified atom stereocenters. The van der Waals surface area contributed by atoms with Crippen molar-refractivity contribution in [1.29, 1.82) is 0 Å². The van der Waals surface area contributed by atoms with Crippen molar-refractivity contribution in [3.05, 3.63) is 30.1 Å². The van der Waals surface area contributed by atoms with Gasteiger partial charge in [-0.3, -0.25) is 14.8 Å². The summed E-state index contributed by atoms with van der Waals surface area (Å²) in [6, 6.07) is 5.06. The first kappa shape index (κ1) is 14.4. The van der Waals surface area contributed by atoms with Gasteiger partial charge in [0.1, 0.15) is 0 Å². The summed E-state index contributed by atoms with van der Waals surface area (Å²) in [5, 5.41) is 0. The first-order valence-electron chi connectivity index (χ1n) is 7.30. The van der Waals surface area contributed by atoms with Crippen molar-refractivity contribution in [2.24, 2.45) is 5.73 Å². The Labute approximate surface area is 116 Å². The Morgan fingerprint density at radius 2 is 2.42 bits per heavy atom. The molecule has 4 nitrogen and oxygen atoms in total. The van der Waals surface area contributed by atoms with E-state index >= 15 is 0 Å². The normalized spacial score (nSPS) is 22.0. The molecule has 0 bridgehead atoms. The molecule has 1 aromatic heterocycles. The van der Waals surface area contributed by atoms with Crippen molar-refractivity contribution in [1.82, 2.24) is 14.8 Å². The van der Waals surface area contributed by atoms with Crippen LogP contribution >= 0.6 is 0 Å². The molecule has 0 amide bonds. The number of likely N-dealkylation sites (N-methyl/N-ethyl adjacent to an activating group) is 2. The van der Waals surface area contributed by atoms with Gasteiger partial charge in [0, 0.05) is 37.6 Å². The molecule has 19 heavy (non-hydrogen) atoms. The van der Waals surface area contributed by atoms with Gasteiger partial charge in [0.25, 0.3) is 0 Å². The number of rotatable bonds is 6. The van der Waals surface area contributed by atoms with Crippen LogP contribution in [0, 0.1) is 0 Å². The van der Waals surface area contributed by atoms with E-state index in [2.05, 4.69) is 34.8 Å². The first-order chi connectivity index (χ1) is 9.26. The second-order valence-electron chi connectivity index (χ2n) is 5.40. The van der Waals surface area contributed by atoms with Crippen LogP contribution in [-0.2, 0) is 0 Å². The van der Waals surface area contributed by atoms with E-state index in [0.717, 1.165) is 13.1 Å². The molecular formula is C15H26N4. The molecule has 0 saturated carbocycles. The van der Waals surface area contributed by atoms with E-state index < -0.39 is 0 Å². The lowest BCUT2D eigenvalue weighted by molar-refractivity contribution is 0.165. The number of nitrogens with two attached hydrogens (primary N) is 1. The average Bonchev–Trinajstić information content (AvgIpc) is 2.88. The smallest absolute Gasteiger partial charge is 0.0483 e. The van der Waals surface area contributed by atoms with Crippen LogP contribution in [0.4, 0.5) is 0 Å². The van der Waals surface area contributed by atoms with Crippen LogP contribution in [0.15, 0.2) is 24.5 Å². The molecule has 2 rings (SSSR count). The Kier molecular flexibility index (Phi) is 5.31. The second kappa shape index (κ2) is 6.98. The highest BCUT2D eigenvalue weighted by Crippen LogP contribution is 2.22. The highest BCUT2D eigenvalue weighted by molar-refractivity contribution is 5.14. The number of nitrogens with zero attached hydrogens (tertiary/aromatic N) is 3. The number of hydrogen-bond donors (Lipinski definition) is 1. The van der Waals surface area contributed by atoms with Crippen molar-refractivity contribution < 1.29 is 0 Å². The van der Waals surface area contributed by atoms with Crippen LogP contribution in [0.1, 0.15) is 31.4 Å². The lowest BCUT2D eigenvalue weighted by atomic mass is 10.1. The summed E-state index contributed by atoms with van der Waals surface area (Å²) in [5.74, 6) is 0. The highest BCUT2D eigenvalue weighted by atomic mass is 15.2. The molecule has 1 saturated heterocycles. The SMILES string of the molecule is CCN1CCCC1CN(C)C(CN)c1cccnc1. The maximum Gasteiger partial charge on any atom is 0.0483 e. The van der Waals surface area contributed by atoms with Crippen molar-refractivity contribution in [2.75, 3.05) is 33.2 Å². The van der Waals surface area contributed by atoms with E-state index in [-0.39, 0.29) is 6.04 Å². The van der Waals surface area contributed by atoms with Gasteiger partial charge in [-0.1, -0.05) is 13.0 Å². The minimum atomic E-state index is 0.271. The fourth-order valence-electron chi connectivity index (χ4n) is 3.12. The van der Waals surface area contributed by atoms with Gasteiger partial charge in [-0.2, -0.15) is 0 Å².